The average molecular weight is 239 g/mol. The fraction of sp³-hybridized carbons (Fsp3) is 0.583. The van der Waals surface area contributed by atoms with Crippen molar-refractivity contribution >= 4 is 5.97 Å². The molecule has 1 saturated heterocycles. The Kier molecular flexibility index (Phi) is 3.49. The minimum atomic E-state index is -1.04. The molecule has 2 N–H and O–H groups in total. The number of ether oxygens (including phenoxy) is 1. The largest absolute Gasteiger partial charge is 0.475 e. The molecule has 0 spiro atoms. The van der Waals surface area contributed by atoms with Gasteiger partial charge in [-0.3, -0.25) is 0 Å². The topological polar surface area (TPSA) is 71.7 Å². The van der Waals surface area contributed by atoms with E-state index in [1.165, 1.54) is 6.07 Å². The number of furan rings is 1. The Morgan fingerprint density at radius 1 is 1.59 bits per heavy atom. The molecule has 0 aliphatic carbocycles. The average Bonchev–Trinajstić information content (AvgIpc) is 2.88. The molecule has 1 aliphatic heterocycles. The van der Waals surface area contributed by atoms with E-state index >= 15 is 0 Å². The molecule has 0 radical (unpaired) electrons. The number of rotatable bonds is 4. The SMILES string of the molecule is CC(NC1CCOC1C)c1ccc(C(=O)O)o1. The van der Waals surface area contributed by atoms with Crippen LogP contribution in [0.4, 0.5) is 0 Å². The Bertz CT molecular complexity index is 401. The molecule has 0 amide bonds. The summed E-state index contributed by atoms with van der Waals surface area (Å²) in [5, 5.41) is 12.2. The molecule has 1 aromatic heterocycles. The maximum Gasteiger partial charge on any atom is 0.371 e. The number of carboxylic acid groups (broad SMARTS) is 1. The molecule has 0 saturated carbocycles. The van der Waals surface area contributed by atoms with Gasteiger partial charge in [-0.1, -0.05) is 0 Å². The van der Waals surface area contributed by atoms with Crippen LogP contribution in [0.15, 0.2) is 16.5 Å². The zero-order chi connectivity index (χ0) is 12.4. The van der Waals surface area contributed by atoms with Crippen molar-refractivity contribution in [3.8, 4) is 0 Å². The van der Waals surface area contributed by atoms with Crippen molar-refractivity contribution in [2.75, 3.05) is 6.61 Å². The molecule has 3 atom stereocenters. The van der Waals surface area contributed by atoms with Crippen LogP contribution in [-0.4, -0.2) is 29.8 Å². The van der Waals surface area contributed by atoms with Gasteiger partial charge in [-0.15, -0.1) is 0 Å². The van der Waals surface area contributed by atoms with Gasteiger partial charge in [-0.25, -0.2) is 4.79 Å². The third-order valence-electron chi connectivity index (χ3n) is 3.10. The van der Waals surface area contributed by atoms with Crippen LogP contribution in [0.1, 0.15) is 42.6 Å². The third kappa shape index (κ3) is 2.68. The highest BCUT2D eigenvalue weighted by Gasteiger charge is 2.26. The molecule has 2 heterocycles. The quantitative estimate of drug-likeness (QED) is 0.838. The molecule has 94 valence electrons. The zero-order valence-corrected chi connectivity index (χ0v) is 9.97. The lowest BCUT2D eigenvalue weighted by molar-refractivity contribution is 0.0658. The second-order valence-corrected chi connectivity index (χ2v) is 4.37. The lowest BCUT2D eigenvalue weighted by atomic mass is 10.1. The summed E-state index contributed by atoms with van der Waals surface area (Å²) in [6.45, 7) is 4.75. The first kappa shape index (κ1) is 12.1. The third-order valence-corrected chi connectivity index (χ3v) is 3.10. The van der Waals surface area contributed by atoms with Crippen molar-refractivity contribution in [1.82, 2.24) is 5.32 Å². The molecule has 1 fully saturated rings. The first-order valence-electron chi connectivity index (χ1n) is 5.78. The van der Waals surface area contributed by atoms with Gasteiger partial charge in [-0.2, -0.15) is 0 Å². The second kappa shape index (κ2) is 4.89. The van der Waals surface area contributed by atoms with Crippen LogP contribution in [-0.2, 0) is 4.74 Å². The summed E-state index contributed by atoms with van der Waals surface area (Å²) in [5.74, 6) is -0.424. The van der Waals surface area contributed by atoms with Gasteiger partial charge in [0.15, 0.2) is 0 Å². The fourth-order valence-electron chi connectivity index (χ4n) is 2.05. The minimum Gasteiger partial charge on any atom is -0.475 e. The Morgan fingerprint density at radius 3 is 2.88 bits per heavy atom. The Balaban J connectivity index is 1.98. The highest BCUT2D eigenvalue weighted by Crippen LogP contribution is 2.20. The number of carboxylic acids is 1. The van der Waals surface area contributed by atoms with E-state index in [2.05, 4.69) is 5.32 Å². The summed E-state index contributed by atoms with van der Waals surface area (Å²) in [5.41, 5.74) is 0. The van der Waals surface area contributed by atoms with Gasteiger partial charge in [0, 0.05) is 12.6 Å². The van der Waals surface area contributed by atoms with Gasteiger partial charge in [0.25, 0.3) is 0 Å². The summed E-state index contributed by atoms with van der Waals surface area (Å²) < 4.78 is 10.7. The fourth-order valence-corrected chi connectivity index (χ4v) is 2.05. The van der Waals surface area contributed by atoms with E-state index in [9.17, 15) is 4.79 Å². The normalized spacial score (nSPS) is 26.0. The van der Waals surface area contributed by atoms with Gasteiger partial charge in [0.05, 0.1) is 12.1 Å². The van der Waals surface area contributed by atoms with Crippen LogP contribution in [0.25, 0.3) is 0 Å². The predicted octanol–water partition coefficient (Wildman–Crippen LogP) is 1.81. The highest BCUT2D eigenvalue weighted by molar-refractivity contribution is 5.84. The van der Waals surface area contributed by atoms with Gasteiger partial charge < -0.3 is 19.6 Å². The van der Waals surface area contributed by atoms with E-state index in [4.69, 9.17) is 14.3 Å². The molecule has 0 aromatic carbocycles. The zero-order valence-electron chi connectivity index (χ0n) is 9.97. The first-order chi connectivity index (χ1) is 8.08. The van der Waals surface area contributed by atoms with Crippen LogP contribution in [0.5, 0.6) is 0 Å². The first-order valence-corrected chi connectivity index (χ1v) is 5.78. The van der Waals surface area contributed by atoms with E-state index < -0.39 is 5.97 Å². The number of aromatic carboxylic acids is 1. The smallest absolute Gasteiger partial charge is 0.371 e. The molecule has 5 nitrogen and oxygen atoms in total. The molecule has 0 bridgehead atoms. The molecule has 2 rings (SSSR count). The molecule has 1 aliphatic rings. The maximum atomic E-state index is 10.7. The van der Waals surface area contributed by atoms with E-state index in [0.717, 1.165) is 13.0 Å². The minimum absolute atomic E-state index is 0.0164. The molecule has 1 aromatic rings. The van der Waals surface area contributed by atoms with E-state index in [1.54, 1.807) is 6.07 Å². The van der Waals surface area contributed by atoms with Crippen molar-refractivity contribution < 1.29 is 19.1 Å². The molecule has 17 heavy (non-hydrogen) atoms. The summed E-state index contributed by atoms with van der Waals surface area (Å²) in [4.78, 5) is 10.7. The van der Waals surface area contributed by atoms with E-state index in [1.807, 2.05) is 13.8 Å². The van der Waals surface area contributed by atoms with Crippen molar-refractivity contribution in [3.63, 3.8) is 0 Å². The van der Waals surface area contributed by atoms with Gasteiger partial charge >= 0.3 is 5.97 Å². The van der Waals surface area contributed by atoms with Crippen LogP contribution < -0.4 is 5.32 Å². The van der Waals surface area contributed by atoms with Crippen LogP contribution in [0, 0.1) is 0 Å². The number of carbonyl (C=O) groups is 1. The standard InChI is InChI=1S/C12H17NO4/c1-7(13-9-5-6-16-8(9)2)10-3-4-11(17-10)12(14)15/h3-4,7-9,13H,5-6H2,1-2H3,(H,14,15). The summed E-state index contributed by atoms with van der Waals surface area (Å²) >= 11 is 0. The van der Waals surface area contributed by atoms with Gasteiger partial charge in [0.2, 0.25) is 5.76 Å². The summed E-state index contributed by atoms with van der Waals surface area (Å²) in [6, 6.07) is 3.45. The molecular formula is C12H17NO4. The summed E-state index contributed by atoms with van der Waals surface area (Å²) in [7, 11) is 0. The Morgan fingerprint density at radius 2 is 2.35 bits per heavy atom. The van der Waals surface area contributed by atoms with E-state index in [-0.39, 0.29) is 17.9 Å². The lowest BCUT2D eigenvalue weighted by Gasteiger charge is -2.20. The number of nitrogens with one attached hydrogen (secondary N) is 1. The molecule has 5 heteroatoms. The Labute approximate surface area is 99.8 Å². The highest BCUT2D eigenvalue weighted by atomic mass is 16.5. The van der Waals surface area contributed by atoms with Crippen molar-refractivity contribution in [2.24, 2.45) is 0 Å². The predicted molar refractivity (Wildman–Crippen MR) is 61.0 cm³/mol. The Hall–Kier alpha value is -1.33. The monoisotopic (exact) mass is 239 g/mol. The number of hydrogen-bond acceptors (Lipinski definition) is 4. The van der Waals surface area contributed by atoms with Gasteiger partial charge in [-0.05, 0) is 32.4 Å². The van der Waals surface area contributed by atoms with Crippen LogP contribution in [0.2, 0.25) is 0 Å². The molecule has 3 unspecified atom stereocenters. The van der Waals surface area contributed by atoms with Gasteiger partial charge in [0.1, 0.15) is 5.76 Å². The van der Waals surface area contributed by atoms with E-state index in [0.29, 0.717) is 11.8 Å². The van der Waals surface area contributed by atoms with Crippen LogP contribution >= 0.6 is 0 Å². The van der Waals surface area contributed by atoms with Crippen molar-refractivity contribution in [2.45, 2.75) is 38.5 Å². The maximum absolute atomic E-state index is 10.7. The second-order valence-electron chi connectivity index (χ2n) is 4.37. The van der Waals surface area contributed by atoms with Crippen molar-refractivity contribution in [3.05, 3.63) is 23.7 Å². The summed E-state index contributed by atoms with van der Waals surface area (Å²) in [6.07, 6.45) is 1.16. The molecular weight excluding hydrogens is 222 g/mol. The van der Waals surface area contributed by atoms with Crippen LogP contribution in [0.3, 0.4) is 0 Å². The lowest BCUT2D eigenvalue weighted by Crippen LogP contribution is -2.36. The van der Waals surface area contributed by atoms with Crippen molar-refractivity contribution in [1.29, 1.82) is 0 Å². The number of hydrogen-bond donors (Lipinski definition) is 2.